The first kappa shape index (κ1) is 17.8. The maximum Gasteiger partial charge on any atom is 0.319 e. The van der Waals surface area contributed by atoms with Gasteiger partial charge < -0.3 is 20.3 Å². The predicted molar refractivity (Wildman–Crippen MR) is 92.6 cm³/mol. The first-order valence-corrected chi connectivity index (χ1v) is 8.32. The summed E-state index contributed by atoms with van der Waals surface area (Å²) in [5.74, 6) is 0.589. The molecular weight excluding hydrogens is 306 g/mol. The number of para-hydroxylation sites is 1. The fourth-order valence-electron chi connectivity index (χ4n) is 2.90. The van der Waals surface area contributed by atoms with E-state index in [1.54, 1.807) is 11.8 Å². The SMILES string of the molecule is CCOc1ccccc1[C@H]1NC(=O)NC(C)=C1C(=O)N(CC)CC. The highest BCUT2D eigenvalue weighted by Crippen LogP contribution is 2.33. The molecule has 6 nitrogen and oxygen atoms in total. The molecule has 0 saturated heterocycles. The third-order valence-corrected chi connectivity index (χ3v) is 4.08. The van der Waals surface area contributed by atoms with Crippen molar-refractivity contribution in [3.05, 3.63) is 41.1 Å². The van der Waals surface area contributed by atoms with Gasteiger partial charge in [0.2, 0.25) is 0 Å². The zero-order valence-corrected chi connectivity index (χ0v) is 14.7. The van der Waals surface area contributed by atoms with Crippen LogP contribution < -0.4 is 15.4 Å². The fourth-order valence-corrected chi connectivity index (χ4v) is 2.90. The van der Waals surface area contributed by atoms with Gasteiger partial charge >= 0.3 is 6.03 Å². The number of hydrogen-bond acceptors (Lipinski definition) is 3. The van der Waals surface area contributed by atoms with E-state index in [-0.39, 0.29) is 11.9 Å². The molecular formula is C18H25N3O3. The molecule has 1 heterocycles. The normalized spacial score (nSPS) is 17.2. The highest BCUT2D eigenvalue weighted by atomic mass is 16.5. The predicted octanol–water partition coefficient (Wildman–Crippen LogP) is 2.58. The van der Waals surface area contributed by atoms with Gasteiger partial charge in [0.1, 0.15) is 5.75 Å². The van der Waals surface area contributed by atoms with E-state index in [1.807, 2.05) is 45.0 Å². The molecule has 2 rings (SSSR count). The lowest BCUT2D eigenvalue weighted by atomic mass is 9.93. The van der Waals surface area contributed by atoms with E-state index < -0.39 is 6.04 Å². The Morgan fingerprint density at radius 1 is 1.21 bits per heavy atom. The van der Waals surface area contributed by atoms with Crippen molar-refractivity contribution in [3.8, 4) is 5.75 Å². The summed E-state index contributed by atoms with van der Waals surface area (Å²) >= 11 is 0. The van der Waals surface area contributed by atoms with Crippen molar-refractivity contribution in [2.24, 2.45) is 0 Å². The van der Waals surface area contributed by atoms with E-state index in [9.17, 15) is 9.59 Å². The van der Waals surface area contributed by atoms with Crippen LogP contribution in [-0.2, 0) is 4.79 Å². The molecule has 0 radical (unpaired) electrons. The molecule has 0 aromatic heterocycles. The molecule has 0 saturated carbocycles. The van der Waals surface area contributed by atoms with E-state index in [0.29, 0.717) is 36.7 Å². The quantitative estimate of drug-likeness (QED) is 0.842. The Hall–Kier alpha value is -2.50. The summed E-state index contributed by atoms with van der Waals surface area (Å²) in [5, 5.41) is 5.57. The lowest BCUT2D eigenvalue weighted by molar-refractivity contribution is -0.127. The molecule has 0 aliphatic carbocycles. The zero-order chi connectivity index (χ0) is 17.7. The van der Waals surface area contributed by atoms with Gasteiger partial charge in [0.25, 0.3) is 5.91 Å². The molecule has 2 N–H and O–H groups in total. The summed E-state index contributed by atoms with van der Waals surface area (Å²) in [4.78, 5) is 26.7. The second-order valence-corrected chi connectivity index (χ2v) is 5.52. The van der Waals surface area contributed by atoms with E-state index >= 15 is 0 Å². The third-order valence-electron chi connectivity index (χ3n) is 4.08. The molecule has 3 amide bonds. The van der Waals surface area contributed by atoms with Crippen LogP contribution in [0.5, 0.6) is 5.75 Å². The number of carbonyl (C=O) groups is 2. The third kappa shape index (κ3) is 3.53. The Morgan fingerprint density at radius 2 is 1.88 bits per heavy atom. The van der Waals surface area contributed by atoms with Crippen molar-refractivity contribution in [1.82, 2.24) is 15.5 Å². The summed E-state index contributed by atoms with van der Waals surface area (Å²) in [7, 11) is 0. The van der Waals surface area contributed by atoms with Crippen molar-refractivity contribution in [2.75, 3.05) is 19.7 Å². The van der Waals surface area contributed by atoms with Gasteiger partial charge in [-0.3, -0.25) is 4.79 Å². The van der Waals surface area contributed by atoms with Crippen LogP contribution in [0.4, 0.5) is 4.79 Å². The van der Waals surface area contributed by atoms with Crippen molar-refractivity contribution < 1.29 is 14.3 Å². The van der Waals surface area contributed by atoms with Gasteiger partial charge in [0, 0.05) is 24.4 Å². The number of rotatable bonds is 6. The van der Waals surface area contributed by atoms with Crippen LogP contribution in [0.1, 0.15) is 39.3 Å². The fraction of sp³-hybridized carbons (Fsp3) is 0.444. The van der Waals surface area contributed by atoms with Crippen molar-refractivity contribution in [3.63, 3.8) is 0 Å². The number of urea groups is 1. The van der Waals surface area contributed by atoms with E-state index in [1.165, 1.54) is 0 Å². The maximum atomic E-state index is 13.0. The van der Waals surface area contributed by atoms with Crippen LogP contribution >= 0.6 is 0 Å². The van der Waals surface area contributed by atoms with Crippen molar-refractivity contribution in [1.29, 1.82) is 0 Å². The summed E-state index contributed by atoms with van der Waals surface area (Å²) in [6.07, 6.45) is 0. The summed E-state index contributed by atoms with van der Waals surface area (Å²) in [5.41, 5.74) is 1.90. The van der Waals surface area contributed by atoms with Gasteiger partial charge in [0.15, 0.2) is 0 Å². The van der Waals surface area contributed by atoms with Crippen LogP contribution in [0.2, 0.25) is 0 Å². The minimum atomic E-state index is -0.533. The highest BCUT2D eigenvalue weighted by Gasteiger charge is 2.34. The number of ether oxygens (including phenoxy) is 1. The number of hydrogen-bond donors (Lipinski definition) is 2. The van der Waals surface area contributed by atoms with Crippen LogP contribution in [0.15, 0.2) is 35.5 Å². The molecule has 24 heavy (non-hydrogen) atoms. The summed E-state index contributed by atoms with van der Waals surface area (Å²) < 4.78 is 5.68. The first-order chi connectivity index (χ1) is 11.5. The average molecular weight is 331 g/mol. The molecule has 0 spiro atoms. The number of carbonyl (C=O) groups excluding carboxylic acids is 2. The number of likely N-dealkylation sites (N-methyl/N-ethyl adjacent to an activating group) is 1. The Labute approximate surface area is 142 Å². The smallest absolute Gasteiger partial charge is 0.319 e. The molecule has 1 atom stereocenters. The number of benzene rings is 1. The molecule has 130 valence electrons. The summed E-state index contributed by atoms with van der Waals surface area (Å²) in [6.45, 7) is 9.27. The average Bonchev–Trinajstić information content (AvgIpc) is 2.56. The highest BCUT2D eigenvalue weighted by molar-refractivity contribution is 5.98. The molecule has 1 aliphatic heterocycles. The van der Waals surface area contributed by atoms with Crippen LogP contribution in [0.3, 0.4) is 0 Å². The number of nitrogens with zero attached hydrogens (tertiary/aromatic N) is 1. The topological polar surface area (TPSA) is 70.7 Å². The Morgan fingerprint density at radius 3 is 2.50 bits per heavy atom. The zero-order valence-electron chi connectivity index (χ0n) is 14.7. The second kappa shape index (κ2) is 7.86. The molecule has 1 aliphatic rings. The number of allylic oxidation sites excluding steroid dienone is 1. The first-order valence-electron chi connectivity index (χ1n) is 8.32. The monoisotopic (exact) mass is 331 g/mol. The molecule has 1 aromatic carbocycles. The van der Waals surface area contributed by atoms with E-state index in [0.717, 1.165) is 5.56 Å². The Kier molecular flexibility index (Phi) is 5.84. The Balaban J connectivity index is 2.51. The second-order valence-electron chi connectivity index (χ2n) is 5.52. The van der Waals surface area contributed by atoms with Gasteiger partial charge in [-0.25, -0.2) is 4.79 Å². The largest absolute Gasteiger partial charge is 0.494 e. The van der Waals surface area contributed by atoms with E-state index in [2.05, 4.69) is 10.6 Å². The lowest BCUT2D eigenvalue weighted by Gasteiger charge is -2.32. The maximum absolute atomic E-state index is 13.0. The Bertz CT molecular complexity index is 651. The van der Waals surface area contributed by atoms with Gasteiger partial charge in [-0.2, -0.15) is 0 Å². The minimum absolute atomic E-state index is 0.0821. The van der Waals surface area contributed by atoms with Gasteiger partial charge in [-0.05, 0) is 33.8 Å². The van der Waals surface area contributed by atoms with E-state index in [4.69, 9.17) is 4.74 Å². The molecule has 0 fully saturated rings. The van der Waals surface area contributed by atoms with Crippen molar-refractivity contribution >= 4 is 11.9 Å². The van der Waals surface area contributed by atoms with Crippen LogP contribution in [0.25, 0.3) is 0 Å². The lowest BCUT2D eigenvalue weighted by Crippen LogP contribution is -2.47. The van der Waals surface area contributed by atoms with Crippen LogP contribution in [-0.4, -0.2) is 36.5 Å². The number of nitrogens with one attached hydrogen (secondary N) is 2. The van der Waals surface area contributed by atoms with Gasteiger partial charge in [-0.1, -0.05) is 18.2 Å². The number of amides is 3. The van der Waals surface area contributed by atoms with Crippen LogP contribution in [0, 0.1) is 0 Å². The molecule has 0 unspecified atom stereocenters. The molecule has 6 heteroatoms. The minimum Gasteiger partial charge on any atom is -0.494 e. The summed E-state index contributed by atoms with van der Waals surface area (Å²) in [6, 6.07) is 6.63. The standard InChI is InChI=1S/C18H25N3O3/c1-5-21(6-2)17(22)15-12(4)19-18(23)20-16(15)13-10-8-9-11-14(13)24-7-3/h8-11,16H,5-7H2,1-4H3,(H2,19,20,23)/t16-/m1/s1. The van der Waals surface area contributed by atoms with Crippen molar-refractivity contribution in [2.45, 2.75) is 33.7 Å². The molecule has 1 aromatic rings. The van der Waals surface area contributed by atoms with Gasteiger partial charge in [-0.15, -0.1) is 0 Å². The van der Waals surface area contributed by atoms with Gasteiger partial charge in [0.05, 0.1) is 18.2 Å². The molecule has 0 bridgehead atoms.